The van der Waals surface area contributed by atoms with Crippen LogP contribution in [0.1, 0.15) is 42.0 Å². The molecule has 1 amide bonds. The summed E-state index contributed by atoms with van der Waals surface area (Å²) < 4.78 is 0. The van der Waals surface area contributed by atoms with Gasteiger partial charge in [-0.25, -0.2) is 0 Å². The minimum atomic E-state index is -0.431. The van der Waals surface area contributed by atoms with Crippen molar-refractivity contribution in [1.29, 1.82) is 0 Å². The van der Waals surface area contributed by atoms with Gasteiger partial charge in [0.25, 0.3) is 0 Å². The number of fused-ring (bicyclic) bond motifs is 1. The zero-order valence-corrected chi connectivity index (χ0v) is 12.0. The fourth-order valence-corrected chi connectivity index (χ4v) is 3.46. The molecule has 1 aliphatic rings. The molecule has 0 fully saturated rings. The molecular weight excluding hydrogens is 244 g/mol. The molecule has 1 atom stereocenters. The van der Waals surface area contributed by atoms with E-state index in [-0.39, 0.29) is 5.91 Å². The molecule has 3 N–H and O–H groups in total. The summed E-state index contributed by atoms with van der Waals surface area (Å²) in [7, 11) is 0. The number of amides is 1. The molecule has 0 aromatic carbocycles. The summed E-state index contributed by atoms with van der Waals surface area (Å²) in [5.41, 5.74) is 6.74. The molecule has 0 saturated heterocycles. The Balaban J connectivity index is 1.93. The van der Waals surface area contributed by atoms with E-state index in [2.05, 4.69) is 11.4 Å². The molecule has 0 spiro atoms. The predicted octanol–water partition coefficient (Wildman–Crippen LogP) is 2.23. The average molecular weight is 266 g/mol. The second-order valence-electron chi connectivity index (χ2n) is 5.32. The third-order valence-corrected chi connectivity index (χ3v) is 5.24. The van der Waals surface area contributed by atoms with Crippen molar-refractivity contribution in [3.05, 3.63) is 21.4 Å². The smallest absolute Gasteiger partial charge is 0.227 e. The predicted molar refractivity (Wildman–Crippen MR) is 75.6 cm³/mol. The molecule has 4 heteroatoms. The molecule has 0 aliphatic heterocycles. The first-order valence-corrected chi connectivity index (χ1v) is 7.49. The molecule has 2 rings (SSSR count). The summed E-state index contributed by atoms with van der Waals surface area (Å²) in [5, 5.41) is 3.02. The summed E-state index contributed by atoms with van der Waals surface area (Å²) >= 11 is 1.84. The first-order chi connectivity index (χ1) is 8.59. The van der Waals surface area contributed by atoms with E-state index in [9.17, 15) is 4.79 Å². The van der Waals surface area contributed by atoms with Gasteiger partial charge in [0.05, 0.1) is 12.0 Å². The van der Waals surface area contributed by atoms with Crippen molar-refractivity contribution in [2.24, 2.45) is 11.1 Å². The lowest BCUT2D eigenvalue weighted by Gasteiger charge is -2.24. The molecule has 1 aromatic rings. The lowest BCUT2D eigenvalue weighted by atomic mass is 9.87. The maximum absolute atomic E-state index is 12.1. The number of rotatable bonds is 5. The number of aryl methyl sites for hydroxylation is 2. The fraction of sp³-hybridized carbons (Fsp3) is 0.643. The van der Waals surface area contributed by atoms with Crippen LogP contribution in [-0.4, -0.2) is 12.5 Å². The Kier molecular flexibility index (Phi) is 4.07. The average Bonchev–Trinajstić information content (AvgIpc) is 2.95. The number of hydrogen-bond acceptors (Lipinski definition) is 3. The van der Waals surface area contributed by atoms with Crippen LogP contribution in [0, 0.1) is 5.41 Å². The molecular formula is C14H22N2OS. The van der Waals surface area contributed by atoms with Crippen molar-refractivity contribution in [2.45, 2.75) is 46.1 Å². The first kappa shape index (κ1) is 13.6. The van der Waals surface area contributed by atoms with Gasteiger partial charge in [-0.3, -0.25) is 4.79 Å². The van der Waals surface area contributed by atoms with Gasteiger partial charge < -0.3 is 11.1 Å². The van der Waals surface area contributed by atoms with Crippen LogP contribution < -0.4 is 11.1 Å². The van der Waals surface area contributed by atoms with Crippen LogP contribution in [0.2, 0.25) is 0 Å². The van der Waals surface area contributed by atoms with Crippen molar-refractivity contribution in [1.82, 2.24) is 5.32 Å². The van der Waals surface area contributed by atoms with Gasteiger partial charge in [0.2, 0.25) is 5.91 Å². The molecule has 1 unspecified atom stereocenters. The zero-order chi connectivity index (χ0) is 13.2. The first-order valence-electron chi connectivity index (χ1n) is 6.68. The Morgan fingerprint density at radius 1 is 1.56 bits per heavy atom. The van der Waals surface area contributed by atoms with E-state index >= 15 is 0 Å². The monoisotopic (exact) mass is 266 g/mol. The highest BCUT2D eigenvalue weighted by atomic mass is 32.1. The highest BCUT2D eigenvalue weighted by molar-refractivity contribution is 7.12. The van der Waals surface area contributed by atoms with E-state index in [0.29, 0.717) is 13.1 Å². The van der Waals surface area contributed by atoms with E-state index in [4.69, 9.17) is 5.73 Å². The normalized spacial score (nSPS) is 17.3. The highest BCUT2D eigenvalue weighted by Crippen LogP contribution is 2.30. The van der Waals surface area contributed by atoms with Crippen molar-refractivity contribution < 1.29 is 4.79 Å². The SMILES string of the molecule is CCC(C)(CN)C(=O)NCc1cc2c(s1)CCC2. The van der Waals surface area contributed by atoms with Crippen molar-refractivity contribution in [2.75, 3.05) is 6.54 Å². The minimum absolute atomic E-state index is 0.0704. The van der Waals surface area contributed by atoms with Crippen LogP contribution in [0.25, 0.3) is 0 Å². The van der Waals surface area contributed by atoms with Crippen LogP contribution in [0.3, 0.4) is 0 Å². The second-order valence-corrected chi connectivity index (χ2v) is 6.54. The molecule has 1 aliphatic carbocycles. The van der Waals surface area contributed by atoms with Crippen LogP contribution in [-0.2, 0) is 24.2 Å². The van der Waals surface area contributed by atoms with Crippen LogP contribution in [0.5, 0.6) is 0 Å². The fourth-order valence-electron chi connectivity index (χ4n) is 2.26. The summed E-state index contributed by atoms with van der Waals surface area (Å²) in [6.07, 6.45) is 4.48. The van der Waals surface area contributed by atoms with Gasteiger partial charge >= 0.3 is 0 Å². The minimum Gasteiger partial charge on any atom is -0.351 e. The van der Waals surface area contributed by atoms with Gasteiger partial charge in [-0.05, 0) is 44.2 Å². The van der Waals surface area contributed by atoms with Gasteiger partial charge in [0.15, 0.2) is 0 Å². The number of thiophene rings is 1. The molecule has 100 valence electrons. The summed E-state index contributed by atoms with van der Waals surface area (Å²) in [6.45, 7) is 4.98. The van der Waals surface area contributed by atoms with Crippen LogP contribution >= 0.6 is 11.3 Å². The number of hydrogen-bond donors (Lipinski definition) is 2. The maximum Gasteiger partial charge on any atom is 0.227 e. The lowest BCUT2D eigenvalue weighted by molar-refractivity contribution is -0.130. The van der Waals surface area contributed by atoms with E-state index < -0.39 is 5.41 Å². The summed E-state index contributed by atoms with van der Waals surface area (Å²) in [4.78, 5) is 14.9. The van der Waals surface area contributed by atoms with Crippen LogP contribution in [0.15, 0.2) is 6.07 Å². The third kappa shape index (κ3) is 2.59. The van der Waals surface area contributed by atoms with Crippen LogP contribution in [0.4, 0.5) is 0 Å². The molecule has 0 saturated carbocycles. The van der Waals surface area contributed by atoms with Gasteiger partial charge in [-0.1, -0.05) is 6.92 Å². The number of carbonyl (C=O) groups excluding carboxylic acids is 1. The number of carbonyl (C=O) groups is 1. The molecule has 0 radical (unpaired) electrons. The summed E-state index contributed by atoms with van der Waals surface area (Å²) in [6, 6.07) is 2.25. The Morgan fingerprint density at radius 2 is 2.33 bits per heavy atom. The standard InChI is InChI=1S/C14H22N2OS/c1-3-14(2,9-15)13(17)16-8-11-7-10-5-4-6-12(10)18-11/h7H,3-6,8-9,15H2,1-2H3,(H,16,17). The Labute approximate surface area is 113 Å². The molecule has 0 bridgehead atoms. The van der Waals surface area contributed by atoms with Gasteiger partial charge in [0, 0.05) is 16.3 Å². The molecule has 3 nitrogen and oxygen atoms in total. The Morgan fingerprint density at radius 3 is 2.94 bits per heavy atom. The Bertz CT molecular complexity index is 414. The lowest BCUT2D eigenvalue weighted by Crippen LogP contribution is -2.43. The quantitative estimate of drug-likeness (QED) is 0.858. The summed E-state index contributed by atoms with van der Waals surface area (Å²) in [5.74, 6) is 0.0704. The van der Waals surface area contributed by atoms with Gasteiger partial charge in [-0.15, -0.1) is 11.3 Å². The van der Waals surface area contributed by atoms with Crippen molar-refractivity contribution in [3.8, 4) is 0 Å². The largest absolute Gasteiger partial charge is 0.351 e. The molecule has 1 aromatic heterocycles. The Hall–Kier alpha value is -0.870. The zero-order valence-electron chi connectivity index (χ0n) is 11.2. The highest BCUT2D eigenvalue weighted by Gasteiger charge is 2.29. The topological polar surface area (TPSA) is 55.1 Å². The number of nitrogens with two attached hydrogens (primary N) is 1. The van der Waals surface area contributed by atoms with E-state index in [1.54, 1.807) is 0 Å². The second kappa shape index (κ2) is 5.41. The van der Waals surface area contributed by atoms with E-state index in [1.807, 2.05) is 25.2 Å². The molecule has 18 heavy (non-hydrogen) atoms. The van der Waals surface area contributed by atoms with E-state index in [0.717, 1.165) is 6.42 Å². The van der Waals surface area contributed by atoms with Crippen molar-refractivity contribution >= 4 is 17.2 Å². The van der Waals surface area contributed by atoms with Gasteiger partial charge in [0.1, 0.15) is 0 Å². The third-order valence-electron chi connectivity index (χ3n) is 4.00. The van der Waals surface area contributed by atoms with E-state index in [1.165, 1.54) is 34.6 Å². The van der Waals surface area contributed by atoms with Gasteiger partial charge in [-0.2, -0.15) is 0 Å². The van der Waals surface area contributed by atoms with Crippen molar-refractivity contribution in [3.63, 3.8) is 0 Å². The molecule has 1 heterocycles. The number of nitrogens with one attached hydrogen (secondary N) is 1. The maximum atomic E-state index is 12.1.